The summed E-state index contributed by atoms with van der Waals surface area (Å²) in [5.74, 6) is 2.28. The zero-order valence-corrected chi connectivity index (χ0v) is 49.1. The smallest absolute Gasteiger partial charge is 0.0377 e. The Morgan fingerprint density at radius 1 is 0.390 bits per heavy atom. The van der Waals surface area contributed by atoms with Gasteiger partial charge in [-0.25, -0.2) is 0 Å². The van der Waals surface area contributed by atoms with Crippen molar-refractivity contribution in [1.29, 1.82) is 0 Å². The first kappa shape index (κ1) is 51.1. The van der Waals surface area contributed by atoms with Gasteiger partial charge < -0.3 is 4.90 Å². The van der Waals surface area contributed by atoms with Crippen LogP contribution in [0.4, 0.5) is 34.3 Å². The molecule has 14 rings (SSSR count). The number of rotatable bonds is 8. The van der Waals surface area contributed by atoms with Gasteiger partial charge >= 0.3 is 306 Å². The van der Waals surface area contributed by atoms with Crippen LogP contribution in [0, 0.1) is 3.80 Å². The molecule has 0 radical (unpaired) electrons. The molecule has 0 fully saturated rings. The Morgan fingerprint density at radius 2 is 0.890 bits per heavy atom. The molecule has 0 saturated carbocycles. The van der Waals surface area contributed by atoms with Crippen molar-refractivity contribution in [1.82, 2.24) is 14.1 Å². The number of ether oxygens (including phenoxy) is 1. The van der Waals surface area contributed by atoms with Crippen LogP contribution < -0.4 is 14.5 Å². The van der Waals surface area contributed by atoms with Crippen LogP contribution in [-0.4, -0.2) is 14.1 Å². The van der Waals surface area contributed by atoms with Crippen molar-refractivity contribution in [2.24, 2.45) is 0 Å². The SMILES string of the molecule is CC(C)(C)c1ccc(N2c3ccccc3C3(c4ccccc42)c2ccccc2N(c2cc(C(C)(C)C)ccn2)c2cc(Oc4cccc(-n5[c](=[Pt])n(-c6c(-c7ccccc7)cccc6-c6ccccc6)c6ccccc65)c4)ccc23)cc1. The Kier molecular flexibility index (Phi) is 12.4. The van der Waals surface area contributed by atoms with E-state index in [1.165, 1.54) is 27.8 Å². The molecule has 0 amide bonds. The molecule has 1 spiro atoms. The van der Waals surface area contributed by atoms with E-state index in [0.717, 1.165) is 94.0 Å². The Bertz CT molecular complexity index is 4380. The van der Waals surface area contributed by atoms with Gasteiger partial charge in [0.05, 0.1) is 11.4 Å². The maximum absolute atomic E-state index is 7.20. The third kappa shape index (κ3) is 8.33. The van der Waals surface area contributed by atoms with E-state index in [1.54, 1.807) is 0 Å². The predicted octanol–water partition coefficient (Wildman–Crippen LogP) is 19.6. The second-order valence-corrected chi connectivity index (χ2v) is 24.6. The van der Waals surface area contributed by atoms with E-state index < -0.39 is 5.41 Å². The fourth-order valence-corrected chi connectivity index (χ4v) is 13.8. The van der Waals surface area contributed by atoms with Gasteiger partial charge in [0, 0.05) is 11.9 Å². The summed E-state index contributed by atoms with van der Waals surface area (Å²) in [5.41, 5.74) is 20.8. The van der Waals surface area contributed by atoms with Gasteiger partial charge in [0.1, 0.15) is 0 Å². The van der Waals surface area contributed by atoms with Gasteiger partial charge in [-0.2, -0.15) is 0 Å². The van der Waals surface area contributed by atoms with Crippen molar-refractivity contribution in [2.45, 2.75) is 57.8 Å². The number of benzene rings is 10. The summed E-state index contributed by atoms with van der Waals surface area (Å²) in [5, 5.41) is 0. The molecule has 10 aromatic carbocycles. The van der Waals surface area contributed by atoms with E-state index in [-0.39, 0.29) is 10.8 Å². The van der Waals surface area contributed by atoms with Gasteiger partial charge in [0.2, 0.25) is 0 Å². The number of aromatic nitrogens is 3. The molecule has 82 heavy (non-hydrogen) atoms. The van der Waals surface area contributed by atoms with Gasteiger partial charge in [-0.15, -0.1) is 0 Å². The third-order valence-electron chi connectivity index (χ3n) is 16.5. The quantitative estimate of drug-likeness (QED) is 0.152. The van der Waals surface area contributed by atoms with Crippen molar-refractivity contribution >= 4 is 45.3 Å². The topological polar surface area (TPSA) is 38.5 Å². The normalized spacial score (nSPS) is 13.4. The summed E-state index contributed by atoms with van der Waals surface area (Å²) in [6.07, 6.45) is 1.96. The summed E-state index contributed by atoms with van der Waals surface area (Å²) in [6.45, 7) is 13.6. The second-order valence-electron chi connectivity index (χ2n) is 23.5. The minimum atomic E-state index is -0.737. The van der Waals surface area contributed by atoms with Crippen molar-refractivity contribution < 1.29 is 24.1 Å². The zero-order valence-electron chi connectivity index (χ0n) is 46.8. The molecule has 6 nitrogen and oxygen atoms in total. The van der Waals surface area contributed by atoms with Crippen LogP contribution >= 0.6 is 0 Å². The van der Waals surface area contributed by atoms with Crippen LogP contribution in [-0.2, 0) is 35.6 Å². The molecule has 0 bridgehead atoms. The molecule has 402 valence electrons. The monoisotopic (exact) mass is 1240 g/mol. The number of pyridine rings is 1. The molecular weight excluding hydrogens is 1180 g/mol. The number of anilines is 6. The minimum Gasteiger partial charge on any atom is -0.0564 e. The molecule has 2 aromatic heterocycles. The minimum absolute atomic E-state index is 0.0256. The molecule has 7 heteroatoms. The van der Waals surface area contributed by atoms with Crippen LogP contribution in [0.15, 0.2) is 261 Å². The van der Waals surface area contributed by atoms with Crippen molar-refractivity contribution in [3.8, 4) is 45.1 Å². The van der Waals surface area contributed by atoms with Crippen LogP contribution in [0.3, 0.4) is 0 Å². The number of hydrogen-bond acceptors (Lipinski definition) is 4. The second kappa shape index (κ2) is 19.9. The van der Waals surface area contributed by atoms with Gasteiger partial charge in [0.25, 0.3) is 0 Å². The van der Waals surface area contributed by atoms with E-state index in [9.17, 15) is 0 Å². The predicted molar refractivity (Wildman–Crippen MR) is 333 cm³/mol. The van der Waals surface area contributed by atoms with E-state index in [2.05, 4.69) is 335 Å². The molecule has 12 aromatic rings. The molecule has 0 aliphatic carbocycles. The van der Waals surface area contributed by atoms with E-state index >= 15 is 0 Å². The van der Waals surface area contributed by atoms with Crippen molar-refractivity contribution in [3.63, 3.8) is 0 Å². The first-order valence-electron chi connectivity index (χ1n) is 28.2. The fraction of sp³-hybridized carbons (Fsp3) is 0.120. The number of hydrogen-bond donors (Lipinski definition) is 0. The molecular formula is C75H61N5OPt. The largest absolute Gasteiger partial charge is 0.0564 e. The Hall–Kier alpha value is -9.09. The summed E-state index contributed by atoms with van der Waals surface area (Å²) in [4.78, 5) is 10.0. The van der Waals surface area contributed by atoms with Gasteiger partial charge in [0.15, 0.2) is 0 Å². The molecule has 0 atom stereocenters. The fourth-order valence-electron chi connectivity index (χ4n) is 12.7. The molecule has 0 N–H and O–H groups in total. The Labute approximate surface area is 491 Å². The molecule has 2 aliphatic rings. The van der Waals surface area contributed by atoms with Crippen LogP contribution in [0.5, 0.6) is 11.5 Å². The summed E-state index contributed by atoms with van der Waals surface area (Å²) in [6, 6.07) is 92.5. The summed E-state index contributed by atoms with van der Waals surface area (Å²) in [7, 11) is 0. The van der Waals surface area contributed by atoms with Gasteiger partial charge in [-0.1, -0.05) is 108 Å². The standard InChI is InChI=1S/C75H61N5O.Pt/c1-73(2,3)53-39-41-55(42-40-53)79-65-34-16-13-31-61(65)75(62-32-14-17-35-66(62)79)63-33-15-18-36-67(63)80(71-47-54(45-46-76-71)74(4,5)6)70-49-58(43-44-64(70)75)81-57-28-21-27-56(48-57)77-50-78(69-38-20-19-37-68(69)77)72-59(51-23-9-7-10-24-51)29-22-30-60(72)52-25-11-8-12-26-52;/h7-49H,1-6H3;. The zero-order chi connectivity index (χ0) is 55.9. The number of nitrogens with zero attached hydrogens (tertiary/aromatic N) is 5. The van der Waals surface area contributed by atoms with Gasteiger partial charge in [-0.3, -0.25) is 0 Å². The Balaban J connectivity index is 0.944. The number of fused-ring (bicyclic) bond motifs is 9. The maximum Gasteiger partial charge on any atom is -0.0377 e. The summed E-state index contributed by atoms with van der Waals surface area (Å²) < 4.78 is 13.0. The first-order valence-corrected chi connectivity index (χ1v) is 29.3. The molecule has 0 saturated heterocycles. The Morgan fingerprint density at radius 3 is 1.48 bits per heavy atom. The average molecular weight is 1240 g/mol. The first-order chi connectivity index (χ1) is 39.9. The number of para-hydroxylation sites is 6. The maximum atomic E-state index is 7.20. The summed E-state index contributed by atoms with van der Waals surface area (Å²) >= 11 is 2.52. The van der Waals surface area contributed by atoms with Crippen LogP contribution in [0.25, 0.3) is 44.7 Å². The third-order valence-corrected chi connectivity index (χ3v) is 17.6. The molecule has 4 heterocycles. The van der Waals surface area contributed by atoms with E-state index in [0.29, 0.717) is 5.75 Å². The molecule has 0 unspecified atom stereocenters. The number of imidazole rings is 1. The average Bonchev–Trinajstić information content (AvgIpc) is 1.21. The van der Waals surface area contributed by atoms with Crippen molar-refractivity contribution in [3.05, 3.63) is 298 Å². The van der Waals surface area contributed by atoms with Gasteiger partial charge in [-0.05, 0) is 52.3 Å². The van der Waals surface area contributed by atoms with Crippen LogP contribution in [0.2, 0.25) is 0 Å². The van der Waals surface area contributed by atoms with Crippen molar-refractivity contribution in [2.75, 3.05) is 9.80 Å². The van der Waals surface area contributed by atoms with E-state index in [4.69, 9.17) is 9.72 Å². The molecule has 2 aliphatic heterocycles. The van der Waals surface area contributed by atoms with Crippen LogP contribution in [0.1, 0.15) is 74.9 Å². The van der Waals surface area contributed by atoms with E-state index in [1.807, 2.05) is 6.20 Å².